The molecule has 0 aliphatic carbocycles. The van der Waals surface area contributed by atoms with Crippen LogP contribution in [0, 0.1) is 5.92 Å². The van der Waals surface area contributed by atoms with Gasteiger partial charge in [0.2, 0.25) is 0 Å². The molecule has 1 aromatic carbocycles. The van der Waals surface area contributed by atoms with Crippen LogP contribution in [0.5, 0.6) is 5.75 Å². The number of rotatable bonds is 6. The van der Waals surface area contributed by atoms with E-state index in [0.717, 1.165) is 4.47 Å². The molecule has 0 radical (unpaired) electrons. The molecule has 0 aliphatic heterocycles. The Balaban J connectivity index is 2.61. The lowest BCUT2D eigenvalue weighted by atomic mass is 10.1. The zero-order valence-corrected chi connectivity index (χ0v) is 14.7. The van der Waals surface area contributed by atoms with Crippen molar-refractivity contribution in [2.75, 3.05) is 19.0 Å². The van der Waals surface area contributed by atoms with Crippen LogP contribution in [0.15, 0.2) is 21.1 Å². The maximum Gasteiger partial charge on any atom is 0.319 e. The minimum Gasteiger partial charge on any atom is -0.495 e. The van der Waals surface area contributed by atoms with Crippen LogP contribution in [0.2, 0.25) is 0 Å². The summed E-state index contributed by atoms with van der Waals surface area (Å²) in [6.07, 6.45) is 0.0100. The summed E-state index contributed by atoms with van der Waals surface area (Å²) in [6.45, 7) is 2.04. The highest BCUT2D eigenvalue weighted by molar-refractivity contribution is 9.11. The van der Waals surface area contributed by atoms with Crippen LogP contribution >= 0.6 is 31.9 Å². The van der Waals surface area contributed by atoms with Gasteiger partial charge in [-0.25, -0.2) is 4.79 Å². The fraction of sp³-hybridized carbons (Fsp3) is 0.385. The van der Waals surface area contributed by atoms with Gasteiger partial charge in [-0.2, -0.15) is 0 Å². The average Bonchev–Trinajstić information content (AvgIpc) is 2.39. The van der Waals surface area contributed by atoms with E-state index in [-0.39, 0.29) is 18.9 Å². The number of anilines is 1. The fourth-order valence-corrected chi connectivity index (χ4v) is 2.84. The summed E-state index contributed by atoms with van der Waals surface area (Å²) in [7, 11) is 1.53. The second-order valence-corrected chi connectivity index (χ2v) is 6.21. The Morgan fingerprint density at radius 3 is 2.57 bits per heavy atom. The standard InChI is InChI=1S/C13H16Br2N2O4/c1-7(3-12(18)19)6-16-13(20)17-10-5-11(21-2)9(15)4-8(10)14/h4-5,7H,3,6H2,1-2H3,(H,18,19)(H2,16,17,20). The number of carboxylic acids is 1. The third-order valence-corrected chi connectivity index (χ3v) is 3.90. The Kier molecular flexibility index (Phi) is 6.97. The van der Waals surface area contributed by atoms with Gasteiger partial charge in [0, 0.05) is 23.5 Å². The number of carbonyl (C=O) groups excluding carboxylic acids is 1. The molecule has 8 heteroatoms. The number of amides is 2. The van der Waals surface area contributed by atoms with E-state index in [9.17, 15) is 9.59 Å². The summed E-state index contributed by atoms with van der Waals surface area (Å²) in [6, 6.07) is 3.04. The van der Waals surface area contributed by atoms with E-state index in [1.165, 1.54) is 7.11 Å². The van der Waals surface area contributed by atoms with E-state index >= 15 is 0 Å². The van der Waals surface area contributed by atoms with Crippen molar-refractivity contribution in [2.24, 2.45) is 5.92 Å². The summed E-state index contributed by atoms with van der Waals surface area (Å²) in [5.74, 6) is -0.436. The third kappa shape index (κ3) is 5.92. The van der Waals surface area contributed by atoms with E-state index in [4.69, 9.17) is 9.84 Å². The molecule has 0 fully saturated rings. The second kappa shape index (κ2) is 8.23. The van der Waals surface area contributed by atoms with Crippen LogP contribution in [-0.4, -0.2) is 30.8 Å². The van der Waals surface area contributed by atoms with Crippen LogP contribution < -0.4 is 15.4 Å². The number of hydrogen-bond donors (Lipinski definition) is 3. The Bertz CT molecular complexity index is 537. The Hall–Kier alpha value is -1.28. The highest BCUT2D eigenvalue weighted by Gasteiger charge is 2.12. The van der Waals surface area contributed by atoms with Crippen molar-refractivity contribution < 1.29 is 19.4 Å². The van der Waals surface area contributed by atoms with Gasteiger partial charge in [-0.1, -0.05) is 6.92 Å². The molecule has 0 spiro atoms. The molecule has 21 heavy (non-hydrogen) atoms. The summed E-state index contributed by atoms with van der Waals surface area (Å²) in [4.78, 5) is 22.3. The van der Waals surface area contributed by atoms with Crippen LogP contribution in [0.4, 0.5) is 10.5 Å². The van der Waals surface area contributed by atoms with E-state index in [2.05, 4.69) is 42.5 Å². The van der Waals surface area contributed by atoms with Gasteiger partial charge in [0.1, 0.15) is 5.75 Å². The quantitative estimate of drug-likeness (QED) is 0.653. The van der Waals surface area contributed by atoms with Gasteiger partial charge >= 0.3 is 12.0 Å². The molecule has 1 aromatic rings. The number of urea groups is 1. The molecule has 0 aromatic heterocycles. The van der Waals surface area contributed by atoms with E-state index < -0.39 is 12.0 Å². The average molecular weight is 424 g/mol. The van der Waals surface area contributed by atoms with Crippen molar-refractivity contribution in [1.29, 1.82) is 0 Å². The molecular formula is C13H16Br2N2O4. The molecule has 0 heterocycles. The SMILES string of the molecule is COc1cc(NC(=O)NCC(C)CC(=O)O)c(Br)cc1Br. The molecule has 6 nitrogen and oxygen atoms in total. The molecule has 0 bridgehead atoms. The van der Waals surface area contributed by atoms with Crippen LogP contribution in [0.25, 0.3) is 0 Å². The largest absolute Gasteiger partial charge is 0.495 e. The van der Waals surface area contributed by atoms with Crippen LogP contribution in [-0.2, 0) is 4.79 Å². The number of carboxylic acid groups (broad SMARTS) is 1. The fourth-order valence-electron chi connectivity index (χ4n) is 1.59. The lowest BCUT2D eigenvalue weighted by molar-refractivity contribution is -0.137. The monoisotopic (exact) mass is 422 g/mol. The Morgan fingerprint density at radius 2 is 2.00 bits per heavy atom. The van der Waals surface area contributed by atoms with Crippen molar-refractivity contribution in [3.05, 3.63) is 21.1 Å². The summed E-state index contributed by atoms with van der Waals surface area (Å²) >= 11 is 6.69. The zero-order valence-electron chi connectivity index (χ0n) is 11.6. The number of aliphatic carboxylic acids is 1. The van der Waals surface area contributed by atoms with Gasteiger partial charge < -0.3 is 20.5 Å². The van der Waals surface area contributed by atoms with E-state index in [1.807, 2.05) is 0 Å². The number of hydrogen-bond acceptors (Lipinski definition) is 3. The van der Waals surface area contributed by atoms with Crippen LogP contribution in [0.1, 0.15) is 13.3 Å². The van der Waals surface area contributed by atoms with Gasteiger partial charge in [-0.15, -0.1) is 0 Å². The van der Waals surface area contributed by atoms with Gasteiger partial charge in [0.25, 0.3) is 0 Å². The smallest absolute Gasteiger partial charge is 0.319 e. The molecule has 0 aliphatic rings. The van der Waals surface area contributed by atoms with E-state index in [0.29, 0.717) is 15.9 Å². The number of ether oxygens (including phenoxy) is 1. The Labute approximate surface area is 139 Å². The maximum atomic E-state index is 11.8. The van der Waals surface area contributed by atoms with Crippen molar-refractivity contribution >= 4 is 49.5 Å². The van der Waals surface area contributed by atoms with E-state index in [1.54, 1.807) is 19.1 Å². The van der Waals surface area contributed by atoms with Crippen molar-refractivity contribution in [1.82, 2.24) is 5.32 Å². The molecule has 3 N–H and O–H groups in total. The first kappa shape index (κ1) is 17.8. The number of methoxy groups -OCH3 is 1. The second-order valence-electron chi connectivity index (χ2n) is 4.50. The molecule has 0 saturated heterocycles. The number of benzene rings is 1. The first-order chi connectivity index (χ1) is 9.83. The molecule has 1 rings (SSSR count). The number of nitrogens with one attached hydrogen (secondary N) is 2. The molecule has 116 valence electrons. The Morgan fingerprint density at radius 1 is 1.33 bits per heavy atom. The minimum atomic E-state index is -0.884. The van der Waals surface area contributed by atoms with Gasteiger partial charge in [-0.3, -0.25) is 4.79 Å². The maximum absolute atomic E-state index is 11.8. The first-order valence-electron chi connectivity index (χ1n) is 6.13. The highest BCUT2D eigenvalue weighted by Crippen LogP contribution is 2.34. The van der Waals surface area contributed by atoms with Crippen molar-refractivity contribution in [3.63, 3.8) is 0 Å². The summed E-state index contributed by atoms with van der Waals surface area (Å²) < 4.78 is 6.62. The van der Waals surface area contributed by atoms with Gasteiger partial charge in [-0.05, 0) is 43.8 Å². The van der Waals surface area contributed by atoms with Crippen LogP contribution in [0.3, 0.4) is 0 Å². The van der Waals surface area contributed by atoms with Gasteiger partial charge in [0.05, 0.1) is 17.3 Å². The number of halogens is 2. The third-order valence-electron chi connectivity index (χ3n) is 2.62. The lowest BCUT2D eigenvalue weighted by Crippen LogP contribution is -2.33. The van der Waals surface area contributed by atoms with Crippen molar-refractivity contribution in [2.45, 2.75) is 13.3 Å². The molecule has 2 amide bonds. The molecular weight excluding hydrogens is 408 g/mol. The minimum absolute atomic E-state index is 0.0100. The van der Waals surface area contributed by atoms with Gasteiger partial charge in [0.15, 0.2) is 0 Å². The molecule has 1 atom stereocenters. The predicted octanol–water partition coefficient (Wildman–Crippen LogP) is 3.45. The highest BCUT2D eigenvalue weighted by atomic mass is 79.9. The lowest BCUT2D eigenvalue weighted by Gasteiger charge is -2.13. The topological polar surface area (TPSA) is 87.7 Å². The van der Waals surface area contributed by atoms with Crippen molar-refractivity contribution in [3.8, 4) is 5.75 Å². The zero-order chi connectivity index (χ0) is 16.0. The number of carbonyl (C=O) groups is 2. The molecule has 0 saturated carbocycles. The molecule has 1 unspecified atom stereocenters. The first-order valence-corrected chi connectivity index (χ1v) is 7.71. The normalized spacial score (nSPS) is 11.6. The summed E-state index contributed by atoms with van der Waals surface area (Å²) in [5, 5.41) is 14.0. The predicted molar refractivity (Wildman–Crippen MR) is 86.8 cm³/mol. The summed E-state index contributed by atoms with van der Waals surface area (Å²) in [5.41, 5.74) is 0.554.